The van der Waals surface area contributed by atoms with Crippen LogP contribution in [0.1, 0.15) is 22.3 Å². The third kappa shape index (κ3) is 2.06. The van der Waals surface area contributed by atoms with Gasteiger partial charge in [0.2, 0.25) is 0 Å². The van der Waals surface area contributed by atoms with Gasteiger partial charge < -0.3 is 5.11 Å². The van der Waals surface area contributed by atoms with Crippen molar-refractivity contribution >= 4 is 23.3 Å². The number of nitrogens with zero attached hydrogens (tertiary/aromatic N) is 2. The second-order valence-electron chi connectivity index (χ2n) is 2.59. The summed E-state index contributed by atoms with van der Waals surface area (Å²) in [5, 5.41) is 18.3. The maximum atomic E-state index is 12.5. The predicted octanol–water partition coefficient (Wildman–Crippen LogP) is 2.28. The van der Waals surface area contributed by atoms with E-state index in [0.29, 0.717) is 6.20 Å². The number of rotatable bonds is 3. The Bertz CT molecular complexity index is 466. The van der Waals surface area contributed by atoms with Crippen LogP contribution in [-0.2, 0) is 0 Å². The predicted molar refractivity (Wildman–Crippen MR) is 47.8 cm³/mol. The van der Waals surface area contributed by atoms with Crippen molar-refractivity contribution in [3.05, 3.63) is 32.6 Å². The van der Waals surface area contributed by atoms with Gasteiger partial charge in [0.1, 0.15) is 10.7 Å². The lowest BCUT2D eigenvalue weighted by Crippen LogP contribution is -2.08. The highest BCUT2D eigenvalue weighted by Crippen LogP contribution is 2.35. The first-order chi connectivity index (χ1) is 7.36. The van der Waals surface area contributed by atoms with Gasteiger partial charge in [-0.2, -0.15) is 0 Å². The smallest absolute Gasteiger partial charge is 0.344 e. The Morgan fingerprint density at radius 1 is 1.62 bits per heavy atom. The van der Waals surface area contributed by atoms with Crippen LogP contribution >= 0.6 is 11.6 Å². The molecule has 1 N–H and O–H groups in total. The Labute approximate surface area is 91.6 Å². The third-order valence-corrected chi connectivity index (χ3v) is 1.97. The molecule has 1 heterocycles. The first-order valence-electron chi connectivity index (χ1n) is 3.70. The van der Waals surface area contributed by atoms with Gasteiger partial charge >= 0.3 is 5.97 Å². The van der Waals surface area contributed by atoms with E-state index in [2.05, 4.69) is 4.98 Å². The number of pyridine rings is 1. The van der Waals surface area contributed by atoms with Crippen molar-refractivity contribution < 1.29 is 23.6 Å². The van der Waals surface area contributed by atoms with Gasteiger partial charge in [-0.05, 0) is 0 Å². The van der Waals surface area contributed by atoms with Gasteiger partial charge in [-0.25, -0.2) is 18.6 Å². The molecule has 0 radical (unpaired) electrons. The number of aromatic carboxylic acids is 1. The molecule has 0 aromatic carbocycles. The van der Waals surface area contributed by atoms with Crippen LogP contribution in [0.2, 0.25) is 5.15 Å². The second-order valence-corrected chi connectivity index (χ2v) is 2.95. The van der Waals surface area contributed by atoms with Gasteiger partial charge in [0.05, 0.1) is 11.1 Å². The molecule has 0 fully saturated rings. The molecule has 1 rings (SSSR count). The Hall–Kier alpha value is -1.83. The van der Waals surface area contributed by atoms with E-state index in [1.165, 1.54) is 0 Å². The number of hydrogen-bond donors (Lipinski definition) is 1. The van der Waals surface area contributed by atoms with E-state index in [-0.39, 0.29) is 0 Å². The molecule has 1 aromatic heterocycles. The Balaban J connectivity index is 3.63. The molecular weight excluding hydrogens is 250 g/mol. The summed E-state index contributed by atoms with van der Waals surface area (Å²) in [5.74, 6) is -1.72. The van der Waals surface area contributed by atoms with Crippen LogP contribution in [0.25, 0.3) is 0 Å². The molecule has 0 saturated carbocycles. The van der Waals surface area contributed by atoms with E-state index < -0.39 is 39.3 Å². The van der Waals surface area contributed by atoms with Crippen molar-refractivity contribution in [3.8, 4) is 0 Å². The fourth-order valence-corrected chi connectivity index (χ4v) is 1.26. The minimum absolute atomic E-state index is 0.564. The summed E-state index contributed by atoms with van der Waals surface area (Å²) >= 11 is 5.26. The normalized spacial score (nSPS) is 10.5. The lowest BCUT2D eigenvalue weighted by atomic mass is 10.1. The molecule has 9 heteroatoms. The lowest BCUT2D eigenvalue weighted by Gasteiger charge is -2.05. The highest BCUT2D eigenvalue weighted by Gasteiger charge is 2.32. The number of nitro groups is 1. The quantitative estimate of drug-likeness (QED) is 0.506. The number of carbonyl (C=O) groups is 1. The molecule has 6 nitrogen and oxygen atoms in total. The maximum Gasteiger partial charge on any atom is 0.344 e. The largest absolute Gasteiger partial charge is 0.477 e. The first-order valence-corrected chi connectivity index (χ1v) is 4.08. The van der Waals surface area contributed by atoms with Crippen LogP contribution in [0, 0.1) is 10.1 Å². The number of carboxylic acid groups (broad SMARTS) is 1. The van der Waals surface area contributed by atoms with Crippen molar-refractivity contribution in [2.75, 3.05) is 0 Å². The molecule has 0 saturated heterocycles. The fourth-order valence-electron chi connectivity index (χ4n) is 1.04. The summed E-state index contributed by atoms with van der Waals surface area (Å²) in [7, 11) is 0. The number of carboxylic acids is 1. The van der Waals surface area contributed by atoms with E-state index >= 15 is 0 Å². The zero-order chi connectivity index (χ0) is 12.5. The van der Waals surface area contributed by atoms with Crippen LogP contribution in [0.5, 0.6) is 0 Å². The van der Waals surface area contributed by atoms with E-state index in [9.17, 15) is 23.7 Å². The summed E-state index contributed by atoms with van der Waals surface area (Å²) in [6.45, 7) is 0. The molecular formula is C7H3ClF2N2O4. The summed E-state index contributed by atoms with van der Waals surface area (Å²) in [6, 6.07) is 0. The summed E-state index contributed by atoms with van der Waals surface area (Å²) in [5.41, 5.74) is -3.35. The average Bonchev–Trinajstić information content (AvgIpc) is 2.15. The second kappa shape index (κ2) is 4.35. The van der Waals surface area contributed by atoms with Gasteiger partial charge in [-0.3, -0.25) is 10.1 Å². The van der Waals surface area contributed by atoms with Crippen LogP contribution in [0.3, 0.4) is 0 Å². The number of hydrogen-bond acceptors (Lipinski definition) is 4. The van der Waals surface area contributed by atoms with Gasteiger partial charge in [0, 0.05) is 0 Å². The summed E-state index contributed by atoms with van der Waals surface area (Å²) < 4.78 is 24.9. The number of halogens is 3. The molecule has 0 spiro atoms. The van der Waals surface area contributed by atoms with Crippen molar-refractivity contribution in [3.63, 3.8) is 0 Å². The van der Waals surface area contributed by atoms with Gasteiger partial charge in [0.25, 0.3) is 12.1 Å². The van der Waals surface area contributed by atoms with Crippen LogP contribution < -0.4 is 0 Å². The zero-order valence-corrected chi connectivity index (χ0v) is 8.11. The molecule has 0 aliphatic heterocycles. The topological polar surface area (TPSA) is 93.3 Å². The van der Waals surface area contributed by atoms with E-state index in [1.54, 1.807) is 0 Å². The summed E-state index contributed by atoms with van der Waals surface area (Å²) in [4.78, 5) is 23.0. The van der Waals surface area contributed by atoms with Crippen LogP contribution in [0.15, 0.2) is 6.20 Å². The summed E-state index contributed by atoms with van der Waals surface area (Å²) in [6.07, 6.45) is -2.71. The average molecular weight is 253 g/mol. The molecule has 1 aromatic rings. The monoisotopic (exact) mass is 252 g/mol. The van der Waals surface area contributed by atoms with Crippen molar-refractivity contribution in [1.29, 1.82) is 0 Å². The highest BCUT2D eigenvalue weighted by molar-refractivity contribution is 6.30. The molecule has 0 aliphatic carbocycles. The van der Waals surface area contributed by atoms with Gasteiger partial charge in [0.15, 0.2) is 5.56 Å². The van der Waals surface area contributed by atoms with Crippen molar-refractivity contribution in [1.82, 2.24) is 4.98 Å². The van der Waals surface area contributed by atoms with Gasteiger partial charge in [-0.15, -0.1) is 0 Å². The SMILES string of the molecule is O=C(O)c1cnc(Cl)c(C(F)F)c1[N+](=O)[O-]. The molecule has 86 valence electrons. The molecule has 0 amide bonds. The minimum Gasteiger partial charge on any atom is -0.477 e. The van der Waals surface area contributed by atoms with Crippen molar-refractivity contribution in [2.24, 2.45) is 0 Å². The molecule has 16 heavy (non-hydrogen) atoms. The van der Waals surface area contributed by atoms with Gasteiger partial charge in [-0.1, -0.05) is 11.6 Å². The molecule has 0 unspecified atom stereocenters. The zero-order valence-electron chi connectivity index (χ0n) is 7.35. The van der Waals surface area contributed by atoms with E-state index in [0.717, 1.165) is 0 Å². The van der Waals surface area contributed by atoms with E-state index in [1.807, 2.05) is 0 Å². The molecule has 0 atom stereocenters. The minimum atomic E-state index is -3.28. The Kier molecular flexibility index (Phi) is 3.33. The number of aromatic nitrogens is 1. The highest BCUT2D eigenvalue weighted by atomic mass is 35.5. The fraction of sp³-hybridized carbons (Fsp3) is 0.143. The molecule has 0 aliphatic rings. The molecule has 0 bridgehead atoms. The maximum absolute atomic E-state index is 12.5. The van der Waals surface area contributed by atoms with E-state index in [4.69, 9.17) is 16.7 Å². The first kappa shape index (κ1) is 12.2. The Morgan fingerprint density at radius 3 is 2.56 bits per heavy atom. The Morgan fingerprint density at radius 2 is 2.19 bits per heavy atom. The van der Waals surface area contributed by atoms with Crippen molar-refractivity contribution in [2.45, 2.75) is 6.43 Å². The standard InChI is InChI=1S/C7H3ClF2N2O4/c8-5-3(6(9)10)4(12(15)16)2(1-11-5)7(13)14/h1,6H,(H,13,14). The third-order valence-electron chi connectivity index (χ3n) is 1.67. The van der Waals surface area contributed by atoms with Crippen LogP contribution in [0.4, 0.5) is 14.5 Å². The van der Waals surface area contributed by atoms with Crippen LogP contribution in [-0.4, -0.2) is 21.0 Å². The number of alkyl halides is 2. The lowest BCUT2D eigenvalue weighted by molar-refractivity contribution is -0.386.